The van der Waals surface area contributed by atoms with Gasteiger partial charge in [-0.25, -0.2) is 4.79 Å². The molecule has 0 aliphatic heterocycles. The molecule has 0 saturated heterocycles. The third-order valence-corrected chi connectivity index (χ3v) is 3.25. The van der Waals surface area contributed by atoms with Crippen molar-refractivity contribution in [3.8, 4) is 11.3 Å². The van der Waals surface area contributed by atoms with Crippen molar-refractivity contribution in [3.63, 3.8) is 0 Å². The molecule has 1 atom stereocenters. The van der Waals surface area contributed by atoms with Crippen molar-refractivity contribution < 1.29 is 23.7 Å². The van der Waals surface area contributed by atoms with E-state index in [1.807, 2.05) is 0 Å². The Labute approximate surface area is 143 Å². The largest absolute Gasteiger partial charge is 0.449 e. The van der Waals surface area contributed by atoms with Crippen molar-refractivity contribution in [2.75, 3.05) is 0 Å². The normalized spacial score (nSPS) is 11.8. The fourth-order valence-corrected chi connectivity index (χ4v) is 2.02. The van der Waals surface area contributed by atoms with Gasteiger partial charge in [-0.1, -0.05) is 0 Å². The highest BCUT2D eigenvalue weighted by molar-refractivity contribution is 5.90. The van der Waals surface area contributed by atoms with E-state index in [-0.39, 0.29) is 17.5 Å². The van der Waals surface area contributed by atoms with Crippen LogP contribution >= 0.6 is 0 Å². The van der Waals surface area contributed by atoms with Crippen LogP contribution in [-0.4, -0.2) is 28.9 Å². The molecule has 132 valence electrons. The quantitative estimate of drug-likeness (QED) is 0.489. The van der Waals surface area contributed by atoms with Crippen LogP contribution in [0.15, 0.2) is 40.8 Å². The first-order valence-electron chi connectivity index (χ1n) is 7.64. The van der Waals surface area contributed by atoms with Gasteiger partial charge >= 0.3 is 5.97 Å². The standard InChI is InChI=1S/C17H18N2O6/c1-10(2)18-16(20)11(3)24-17(21)15-9-8-14(25-15)12-4-6-13(7-5-12)19(22)23/h4-11H,1-3H3,(H,18,20)/t11-/m0/s1. The van der Waals surface area contributed by atoms with Gasteiger partial charge in [0, 0.05) is 23.7 Å². The molecule has 8 nitrogen and oxygen atoms in total. The van der Waals surface area contributed by atoms with Gasteiger partial charge in [0.1, 0.15) is 5.76 Å². The number of rotatable bonds is 6. The van der Waals surface area contributed by atoms with E-state index in [0.717, 1.165) is 0 Å². The molecule has 0 saturated carbocycles. The van der Waals surface area contributed by atoms with Crippen molar-refractivity contribution in [2.24, 2.45) is 0 Å². The summed E-state index contributed by atoms with van der Waals surface area (Å²) in [7, 11) is 0. The topological polar surface area (TPSA) is 112 Å². The molecule has 1 N–H and O–H groups in total. The summed E-state index contributed by atoms with van der Waals surface area (Å²) in [4.78, 5) is 34.0. The summed E-state index contributed by atoms with van der Waals surface area (Å²) in [5.74, 6) is -0.858. The predicted molar refractivity (Wildman–Crippen MR) is 89.0 cm³/mol. The molecule has 2 aromatic rings. The number of carbonyl (C=O) groups excluding carboxylic acids is 2. The maximum absolute atomic E-state index is 12.0. The minimum atomic E-state index is -0.956. The van der Waals surface area contributed by atoms with Gasteiger partial charge < -0.3 is 14.5 Å². The summed E-state index contributed by atoms with van der Waals surface area (Å²) in [5.41, 5.74) is 0.537. The van der Waals surface area contributed by atoms with Crippen LogP contribution in [0.3, 0.4) is 0 Å². The van der Waals surface area contributed by atoms with E-state index in [1.165, 1.54) is 37.3 Å². The molecular formula is C17H18N2O6. The van der Waals surface area contributed by atoms with Gasteiger partial charge in [-0.3, -0.25) is 14.9 Å². The molecule has 0 aliphatic rings. The van der Waals surface area contributed by atoms with Crippen LogP contribution in [0.2, 0.25) is 0 Å². The first-order valence-corrected chi connectivity index (χ1v) is 7.64. The second kappa shape index (κ2) is 7.61. The van der Waals surface area contributed by atoms with Crippen LogP contribution in [0.4, 0.5) is 5.69 Å². The summed E-state index contributed by atoms with van der Waals surface area (Å²) in [5, 5.41) is 13.3. The predicted octanol–water partition coefficient (Wildman–Crippen LogP) is 2.92. The van der Waals surface area contributed by atoms with E-state index in [9.17, 15) is 19.7 Å². The third-order valence-electron chi connectivity index (χ3n) is 3.25. The summed E-state index contributed by atoms with van der Waals surface area (Å²) < 4.78 is 10.5. The Kier molecular flexibility index (Phi) is 5.53. The zero-order valence-electron chi connectivity index (χ0n) is 14.0. The van der Waals surface area contributed by atoms with Gasteiger partial charge in [0.05, 0.1) is 4.92 Å². The molecule has 8 heteroatoms. The number of nitro benzene ring substituents is 1. The fourth-order valence-electron chi connectivity index (χ4n) is 2.02. The van der Waals surface area contributed by atoms with Gasteiger partial charge in [-0.05, 0) is 45.0 Å². The number of nitrogens with zero attached hydrogens (tertiary/aromatic N) is 1. The van der Waals surface area contributed by atoms with E-state index >= 15 is 0 Å². The number of benzene rings is 1. The second-order valence-electron chi connectivity index (χ2n) is 5.68. The van der Waals surface area contributed by atoms with Gasteiger partial charge in [0.25, 0.3) is 11.6 Å². The van der Waals surface area contributed by atoms with E-state index < -0.39 is 22.9 Å². The first kappa shape index (κ1) is 18.2. The summed E-state index contributed by atoms with van der Waals surface area (Å²) in [6.07, 6.45) is -0.956. The Morgan fingerprint density at radius 2 is 1.76 bits per heavy atom. The number of nitro groups is 1. The van der Waals surface area contributed by atoms with Crippen LogP contribution in [-0.2, 0) is 9.53 Å². The molecule has 0 bridgehead atoms. The van der Waals surface area contributed by atoms with Crippen LogP contribution in [0, 0.1) is 10.1 Å². The van der Waals surface area contributed by atoms with Crippen molar-refractivity contribution in [1.29, 1.82) is 0 Å². The Morgan fingerprint density at radius 1 is 1.12 bits per heavy atom. The lowest BCUT2D eigenvalue weighted by Crippen LogP contribution is -2.39. The molecule has 0 radical (unpaired) electrons. The molecular weight excluding hydrogens is 328 g/mol. The SMILES string of the molecule is CC(C)NC(=O)[C@H](C)OC(=O)c1ccc(-c2ccc([N+](=O)[O-])cc2)o1. The van der Waals surface area contributed by atoms with Crippen LogP contribution in [0.1, 0.15) is 31.3 Å². The molecule has 0 unspecified atom stereocenters. The smallest absolute Gasteiger partial charge is 0.375 e. The van der Waals surface area contributed by atoms with Crippen molar-refractivity contribution >= 4 is 17.6 Å². The van der Waals surface area contributed by atoms with E-state index in [1.54, 1.807) is 19.9 Å². The summed E-state index contributed by atoms with van der Waals surface area (Å²) in [6.45, 7) is 5.07. The molecule has 1 aromatic carbocycles. The minimum absolute atomic E-state index is 0.0417. The van der Waals surface area contributed by atoms with Gasteiger partial charge in [-0.2, -0.15) is 0 Å². The molecule has 25 heavy (non-hydrogen) atoms. The number of amides is 1. The Bertz CT molecular complexity index is 779. The average molecular weight is 346 g/mol. The lowest BCUT2D eigenvalue weighted by molar-refractivity contribution is -0.384. The highest BCUT2D eigenvalue weighted by atomic mass is 16.6. The summed E-state index contributed by atoms with van der Waals surface area (Å²) >= 11 is 0. The monoisotopic (exact) mass is 346 g/mol. The molecule has 1 amide bonds. The fraction of sp³-hybridized carbons (Fsp3) is 0.294. The van der Waals surface area contributed by atoms with Crippen LogP contribution in [0.5, 0.6) is 0 Å². The Balaban J connectivity index is 2.06. The molecule has 2 rings (SSSR count). The molecule has 0 spiro atoms. The minimum Gasteiger partial charge on any atom is -0.449 e. The molecule has 1 heterocycles. The van der Waals surface area contributed by atoms with Crippen molar-refractivity contribution in [2.45, 2.75) is 32.9 Å². The Hall–Kier alpha value is -3.16. The Morgan fingerprint density at radius 3 is 2.32 bits per heavy atom. The average Bonchev–Trinajstić information content (AvgIpc) is 3.04. The number of carbonyl (C=O) groups is 2. The lowest BCUT2D eigenvalue weighted by Gasteiger charge is -2.14. The number of furan rings is 1. The molecule has 1 aromatic heterocycles. The summed E-state index contributed by atoms with van der Waals surface area (Å²) in [6, 6.07) is 8.63. The van der Waals surface area contributed by atoms with Crippen LogP contribution < -0.4 is 5.32 Å². The van der Waals surface area contributed by atoms with E-state index in [4.69, 9.17) is 9.15 Å². The number of esters is 1. The van der Waals surface area contributed by atoms with Crippen molar-refractivity contribution in [1.82, 2.24) is 5.32 Å². The number of nitrogens with one attached hydrogen (secondary N) is 1. The van der Waals surface area contributed by atoms with Gasteiger partial charge in [0.15, 0.2) is 6.10 Å². The third kappa shape index (κ3) is 4.66. The van der Waals surface area contributed by atoms with E-state index in [0.29, 0.717) is 11.3 Å². The molecule has 0 fully saturated rings. The number of hydrogen-bond donors (Lipinski definition) is 1. The second-order valence-corrected chi connectivity index (χ2v) is 5.68. The maximum atomic E-state index is 12.0. The maximum Gasteiger partial charge on any atom is 0.375 e. The van der Waals surface area contributed by atoms with E-state index in [2.05, 4.69) is 5.32 Å². The van der Waals surface area contributed by atoms with Crippen molar-refractivity contribution in [3.05, 3.63) is 52.3 Å². The highest BCUT2D eigenvalue weighted by Gasteiger charge is 2.21. The number of hydrogen-bond acceptors (Lipinski definition) is 6. The zero-order valence-corrected chi connectivity index (χ0v) is 14.0. The molecule has 0 aliphatic carbocycles. The zero-order chi connectivity index (χ0) is 18.6. The van der Waals surface area contributed by atoms with Crippen LogP contribution in [0.25, 0.3) is 11.3 Å². The lowest BCUT2D eigenvalue weighted by atomic mass is 10.1. The van der Waals surface area contributed by atoms with Gasteiger partial charge in [0.2, 0.25) is 5.76 Å². The van der Waals surface area contributed by atoms with Gasteiger partial charge in [-0.15, -0.1) is 0 Å². The highest BCUT2D eigenvalue weighted by Crippen LogP contribution is 2.25. The number of ether oxygens (including phenoxy) is 1. The first-order chi connectivity index (χ1) is 11.8. The number of non-ortho nitro benzene ring substituents is 1.